The Morgan fingerprint density at radius 3 is 2.42 bits per heavy atom. The highest BCUT2D eigenvalue weighted by atomic mass is 16.5. The number of amides is 1. The van der Waals surface area contributed by atoms with E-state index >= 15 is 0 Å². The molecule has 1 amide bonds. The second kappa shape index (κ2) is 7.95. The van der Waals surface area contributed by atoms with Gasteiger partial charge in [0.05, 0.1) is 21.3 Å². The van der Waals surface area contributed by atoms with Gasteiger partial charge >= 0.3 is 0 Å². The molecule has 0 bridgehead atoms. The fraction of sp³-hybridized carbons (Fsp3) is 0.286. The van der Waals surface area contributed by atoms with Gasteiger partial charge in [0, 0.05) is 19.2 Å². The van der Waals surface area contributed by atoms with Crippen molar-refractivity contribution in [3.8, 4) is 17.2 Å². The summed E-state index contributed by atoms with van der Waals surface area (Å²) in [6, 6.07) is 11.6. The molecule has 0 fully saturated rings. The maximum absolute atomic E-state index is 12.6. The largest absolute Gasteiger partial charge is 0.497 e. The molecule has 2 aromatic rings. The molecule has 0 unspecified atom stereocenters. The first-order valence-electron chi connectivity index (χ1n) is 8.49. The van der Waals surface area contributed by atoms with Crippen LogP contribution in [0.25, 0.3) is 6.08 Å². The number of nitrogens with zero attached hydrogens (tertiary/aromatic N) is 1. The van der Waals surface area contributed by atoms with Crippen LogP contribution in [0.2, 0.25) is 0 Å². The normalized spacial score (nSPS) is 13.4. The van der Waals surface area contributed by atoms with E-state index in [-0.39, 0.29) is 5.91 Å². The number of carbonyl (C=O) groups excluding carboxylic acids is 1. The van der Waals surface area contributed by atoms with Crippen LogP contribution in [0.5, 0.6) is 17.2 Å². The van der Waals surface area contributed by atoms with Crippen LogP contribution in [0.3, 0.4) is 0 Å². The second-order valence-electron chi connectivity index (χ2n) is 6.10. The lowest BCUT2D eigenvalue weighted by atomic mass is 9.98. The number of hydrogen-bond donors (Lipinski definition) is 0. The molecule has 0 N–H and O–H groups in total. The SMILES string of the molecule is COc1cccc(C=CC(=O)N2CCc3cc(OC)c(OC)cc3C2)c1. The topological polar surface area (TPSA) is 48.0 Å². The molecule has 136 valence electrons. The minimum Gasteiger partial charge on any atom is -0.497 e. The zero-order valence-corrected chi connectivity index (χ0v) is 15.3. The Labute approximate surface area is 153 Å². The highest BCUT2D eigenvalue weighted by Crippen LogP contribution is 2.33. The summed E-state index contributed by atoms with van der Waals surface area (Å²) in [6.45, 7) is 1.25. The molecular weight excluding hydrogens is 330 g/mol. The Bertz CT molecular complexity index is 829. The Kier molecular flexibility index (Phi) is 5.46. The van der Waals surface area contributed by atoms with Crippen molar-refractivity contribution in [1.29, 1.82) is 0 Å². The van der Waals surface area contributed by atoms with E-state index in [0.717, 1.165) is 29.0 Å². The monoisotopic (exact) mass is 353 g/mol. The fourth-order valence-electron chi connectivity index (χ4n) is 3.09. The quantitative estimate of drug-likeness (QED) is 0.774. The van der Waals surface area contributed by atoms with Crippen molar-refractivity contribution in [3.05, 3.63) is 59.2 Å². The average molecular weight is 353 g/mol. The summed E-state index contributed by atoms with van der Waals surface area (Å²) in [5.41, 5.74) is 3.22. The lowest BCUT2D eigenvalue weighted by Gasteiger charge is -2.28. The third kappa shape index (κ3) is 3.82. The van der Waals surface area contributed by atoms with Crippen LogP contribution in [0, 0.1) is 0 Å². The molecule has 0 aromatic heterocycles. The number of methoxy groups -OCH3 is 3. The lowest BCUT2D eigenvalue weighted by Crippen LogP contribution is -2.34. The molecule has 1 aliphatic heterocycles. The van der Waals surface area contributed by atoms with E-state index in [0.29, 0.717) is 18.8 Å². The summed E-state index contributed by atoms with van der Waals surface area (Å²) >= 11 is 0. The van der Waals surface area contributed by atoms with Crippen molar-refractivity contribution in [2.24, 2.45) is 0 Å². The molecule has 0 aliphatic carbocycles. The average Bonchev–Trinajstić information content (AvgIpc) is 2.70. The number of ether oxygens (including phenoxy) is 3. The van der Waals surface area contributed by atoms with Gasteiger partial charge in [-0.05, 0) is 53.5 Å². The number of benzene rings is 2. The predicted octanol–water partition coefficient (Wildman–Crippen LogP) is 3.31. The van der Waals surface area contributed by atoms with Gasteiger partial charge in [-0.25, -0.2) is 0 Å². The van der Waals surface area contributed by atoms with Gasteiger partial charge in [-0.3, -0.25) is 4.79 Å². The molecule has 5 heteroatoms. The lowest BCUT2D eigenvalue weighted by molar-refractivity contribution is -0.126. The molecule has 1 aliphatic rings. The van der Waals surface area contributed by atoms with E-state index in [1.54, 1.807) is 27.4 Å². The first kappa shape index (κ1) is 17.9. The Morgan fingerprint density at radius 2 is 1.73 bits per heavy atom. The van der Waals surface area contributed by atoms with Crippen LogP contribution in [-0.4, -0.2) is 38.7 Å². The van der Waals surface area contributed by atoms with Gasteiger partial charge in [-0.1, -0.05) is 12.1 Å². The van der Waals surface area contributed by atoms with Gasteiger partial charge in [0.15, 0.2) is 11.5 Å². The van der Waals surface area contributed by atoms with Crippen LogP contribution in [0.4, 0.5) is 0 Å². The first-order chi connectivity index (χ1) is 12.6. The van der Waals surface area contributed by atoms with Crippen molar-refractivity contribution in [1.82, 2.24) is 4.90 Å². The van der Waals surface area contributed by atoms with E-state index < -0.39 is 0 Å². The van der Waals surface area contributed by atoms with Gasteiger partial charge in [0.1, 0.15) is 5.75 Å². The number of rotatable bonds is 5. The summed E-state index contributed by atoms with van der Waals surface area (Å²) in [7, 11) is 4.88. The summed E-state index contributed by atoms with van der Waals surface area (Å²) in [6.07, 6.45) is 4.23. The van der Waals surface area contributed by atoms with Crippen molar-refractivity contribution >= 4 is 12.0 Å². The highest BCUT2D eigenvalue weighted by Gasteiger charge is 2.21. The Morgan fingerprint density at radius 1 is 1.00 bits per heavy atom. The summed E-state index contributed by atoms with van der Waals surface area (Å²) in [5.74, 6) is 2.18. The standard InChI is InChI=1S/C21H23NO4/c1-24-18-6-4-5-15(11-18)7-8-21(23)22-10-9-16-12-19(25-2)20(26-3)13-17(16)14-22/h4-8,11-13H,9-10,14H2,1-3H3. The first-order valence-corrected chi connectivity index (χ1v) is 8.49. The molecular formula is C21H23NO4. The second-order valence-corrected chi connectivity index (χ2v) is 6.10. The number of carbonyl (C=O) groups is 1. The van der Waals surface area contributed by atoms with Crippen LogP contribution < -0.4 is 14.2 Å². The van der Waals surface area contributed by atoms with E-state index in [1.165, 1.54) is 5.56 Å². The summed E-state index contributed by atoms with van der Waals surface area (Å²) in [4.78, 5) is 14.4. The van der Waals surface area contributed by atoms with Crippen LogP contribution in [-0.2, 0) is 17.8 Å². The molecule has 5 nitrogen and oxygen atoms in total. The van der Waals surface area contributed by atoms with Gasteiger partial charge < -0.3 is 19.1 Å². The molecule has 3 rings (SSSR count). The van der Waals surface area contributed by atoms with Crippen molar-refractivity contribution in [2.45, 2.75) is 13.0 Å². The molecule has 0 saturated heterocycles. The summed E-state index contributed by atoms with van der Waals surface area (Å²) in [5, 5.41) is 0. The third-order valence-electron chi connectivity index (χ3n) is 4.54. The van der Waals surface area contributed by atoms with Gasteiger partial charge in [-0.2, -0.15) is 0 Å². The van der Waals surface area contributed by atoms with E-state index in [4.69, 9.17) is 14.2 Å². The van der Waals surface area contributed by atoms with Crippen molar-refractivity contribution < 1.29 is 19.0 Å². The maximum Gasteiger partial charge on any atom is 0.246 e. The van der Waals surface area contributed by atoms with E-state index in [2.05, 4.69) is 0 Å². The smallest absolute Gasteiger partial charge is 0.246 e. The molecule has 1 heterocycles. The van der Waals surface area contributed by atoms with Crippen molar-refractivity contribution in [2.75, 3.05) is 27.9 Å². The predicted molar refractivity (Wildman–Crippen MR) is 101 cm³/mol. The van der Waals surface area contributed by atoms with Crippen LogP contribution in [0.1, 0.15) is 16.7 Å². The van der Waals surface area contributed by atoms with Crippen LogP contribution in [0.15, 0.2) is 42.5 Å². The van der Waals surface area contributed by atoms with Gasteiger partial charge in [-0.15, -0.1) is 0 Å². The molecule has 0 atom stereocenters. The molecule has 0 spiro atoms. The van der Waals surface area contributed by atoms with E-state index in [1.807, 2.05) is 47.4 Å². The number of fused-ring (bicyclic) bond motifs is 1. The Hall–Kier alpha value is -2.95. The maximum atomic E-state index is 12.6. The molecule has 0 radical (unpaired) electrons. The van der Waals surface area contributed by atoms with Gasteiger partial charge in [0.25, 0.3) is 0 Å². The fourth-order valence-corrected chi connectivity index (χ4v) is 3.09. The highest BCUT2D eigenvalue weighted by molar-refractivity contribution is 5.92. The summed E-state index contributed by atoms with van der Waals surface area (Å²) < 4.78 is 15.9. The third-order valence-corrected chi connectivity index (χ3v) is 4.54. The zero-order valence-electron chi connectivity index (χ0n) is 15.3. The van der Waals surface area contributed by atoms with Crippen molar-refractivity contribution in [3.63, 3.8) is 0 Å². The van der Waals surface area contributed by atoms with Crippen LogP contribution >= 0.6 is 0 Å². The Balaban J connectivity index is 1.73. The molecule has 26 heavy (non-hydrogen) atoms. The molecule has 0 saturated carbocycles. The van der Waals surface area contributed by atoms with E-state index in [9.17, 15) is 4.79 Å². The minimum absolute atomic E-state index is 0.00625. The minimum atomic E-state index is -0.00625. The van der Waals surface area contributed by atoms with Gasteiger partial charge in [0.2, 0.25) is 5.91 Å². The molecule has 2 aromatic carbocycles. The number of hydrogen-bond acceptors (Lipinski definition) is 4. The zero-order chi connectivity index (χ0) is 18.5.